The predicted octanol–water partition coefficient (Wildman–Crippen LogP) is 3.43. The largest absolute Gasteiger partial charge is 0.486 e. The van der Waals surface area contributed by atoms with Crippen molar-refractivity contribution in [2.24, 2.45) is 0 Å². The van der Waals surface area contributed by atoms with Crippen molar-refractivity contribution in [3.05, 3.63) is 60.0 Å². The molecule has 2 heterocycles. The summed E-state index contributed by atoms with van der Waals surface area (Å²) in [5, 5.41) is 7.97. The lowest BCUT2D eigenvalue weighted by molar-refractivity contribution is 0.0279. The quantitative estimate of drug-likeness (QED) is 0.665. The van der Waals surface area contributed by atoms with Crippen LogP contribution >= 0.6 is 0 Å². The average Bonchev–Trinajstić information content (AvgIpc) is 3.18. The first-order valence-corrected chi connectivity index (χ1v) is 8.20. The van der Waals surface area contributed by atoms with E-state index in [2.05, 4.69) is 10.2 Å². The Kier molecular flexibility index (Phi) is 4.27. The zero-order valence-electron chi connectivity index (χ0n) is 14.0. The topological polar surface area (TPSA) is 83.7 Å². The summed E-state index contributed by atoms with van der Waals surface area (Å²) in [6.07, 6.45) is -0.680. The number of carbonyl (C=O) groups excluding carboxylic acids is 1. The van der Waals surface area contributed by atoms with Crippen molar-refractivity contribution >= 4 is 5.97 Å². The fourth-order valence-corrected chi connectivity index (χ4v) is 2.55. The molecule has 1 aromatic heterocycles. The van der Waals surface area contributed by atoms with Crippen LogP contribution in [0.5, 0.6) is 11.5 Å². The van der Waals surface area contributed by atoms with Crippen LogP contribution in [0.25, 0.3) is 11.5 Å². The molecule has 0 amide bonds. The summed E-state index contributed by atoms with van der Waals surface area (Å²) >= 11 is 0. The smallest absolute Gasteiger partial charge is 0.339 e. The van der Waals surface area contributed by atoms with Crippen molar-refractivity contribution in [2.75, 3.05) is 13.2 Å². The predicted molar refractivity (Wildman–Crippen MR) is 91.0 cm³/mol. The lowest BCUT2D eigenvalue weighted by Crippen LogP contribution is -2.16. The lowest BCUT2D eigenvalue weighted by Gasteiger charge is -2.18. The van der Waals surface area contributed by atoms with Crippen molar-refractivity contribution in [1.29, 1.82) is 0 Å². The van der Waals surface area contributed by atoms with Crippen LogP contribution in [-0.2, 0) is 4.74 Å². The van der Waals surface area contributed by atoms with E-state index in [1.54, 1.807) is 25.1 Å². The second kappa shape index (κ2) is 6.87. The van der Waals surface area contributed by atoms with E-state index in [1.807, 2.05) is 30.3 Å². The van der Waals surface area contributed by atoms with E-state index in [4.69, 9.17) is 18.6 Å². The van der Waals surface area contributed by atoms with Crippen LogP contribution in [0, 0.1) is 0 Å². The van der Waals surface area contributed by atoms with Crippen LogP contribution < -0.4 is 9.47 Å². The van der Waals surface area contributed by atoms with Gasteiger partial charge in [0.05, 0.1) is 5.56 Å². The van der Waals surface area contributed by atoms with Crippen molar-refractivity contribution in [3.8, 4) is 23.0 Å². The summed E-state index contributed by atoms with van der Waals surface area (Å²) in [5.41, 5.74) is 1.17. The number of aromatic nitrogens is 2. The molecular formula is C19H16N2O5. The first-order chi connectivity index (χ1) is 12.7. The van der Waals surface area contributed by atoms with E-state index < -0.39 is 12.1 Å². The minimum absolute atomic E-state index is 0.231. The molecule has 0 fully saturated rings. The van der Waals surface area contributed by atoms with Gasteiger partial charge >= 0.3 is 5.97 Å². The molecular weight excluding hydrogens is 336 g/mol. The standard InChI is InChI=1S/C19H16N2O5/c1-12(17-20-21-18(26-17)13-5-3-2-4-6-13)25-19(22)14-7-8-15-16(11-14)24-10-9-23-15/h2-8,11-12H,9-10H2,1H3/t12-/m0/s1. The highest BCUT2D eigenvalue weighted by Crippen LogP contribution is 2.31. The number of benzene rings is 2. The molecule has 0 unspecified atom stereocenters. The molecule has 132 valence electrons. The van der Waals surface area contributed by atoms with Crippen LogP contribution in [0.1, 0.15) is 29.3 Å². The molecule has 0 radical (unpaired) electrons. The Morgan fingerprint density at radius 2 is 1.81 bits per heavy atom. The number of fused-ring (bicyclic) bond motifs is 1. The number of esters is 1. The van der Waals surface area contributed by atoms with Gasteiger partial charge in [-0.2, -0.15) is 0 Å². The SMILES string of the molecule is C[C@H](OC(=O)c1ccc2c(c1)OCCO2)c1nnc(-c2ccccc2)o1. The van der Waals surface area contributed by atoms with Gasteiger partial charge in [-0.15, -0.1) is 10.2 Å². The summed E-state index contributed by atoms with van der Waals surface area (Å²) in [6, 6.07) is 14.3. The highest BCUT2D eigenvalue weighted by Gasteiger charge is 2.21. The van der Waals surface area contributed by atoms with Gasteiger partial charge in [-0.1, -0.05) is 18.2 Å². The molecule has 7 nitrogen and oxygen atoms in total. The Labute approximate surface area is 149 Å². The molecule has 0 N–H and O–H groups in total. The van der Waals surface area contributed by atoms with E-state index in [1.165, 1.54) is 0 Å². The molecule has 0 saturated heterocycles. The molecule has 1 aliphatic heterocycles. The highest BCUT2D eigenvalue weighted by molar-refractivity contribution is 5.90. The summed E-state index contributed by atoms with van der Waals surface area (Å²) in [5.74, 6) is 1.25. The first-order valence-electron chi connectivity index (χ1n) is 8.20. The van der Waals surface area contributed by atoms with Gasteiger partial charge in [0.2, 0.25) is 5.89 Å². The van der Waals surface area contributed by atoms with E-state index >= 15 is 0 Å². The van der Waals surface area contributed by atoms with Crippen molar-refractivity contribution < 1.29 is 23.4 Å². The number of hydrogen-bond acceptors (Lipinski definition) is 7. The van der Waals surface area contributed by atoms with Crippen molar-refractivity contribution in [3.63, 3.8) is 0 Å². The summed E-state index contributed by atoms with van der Waals surface area (Å²) in [7, 11) is 0. The normalized spacial score (nSPS) is 13.9. The minimum atomic E-state index is -0.680. The third-order valence-electron chi connectivity index (χ3n) is 3.87. The molecule has 26 heavy (non-hydrogen) atoms. The Morgan fingerprint density at radius 3 is 2.62 bits per heavy atom. The first kappa shape index (κ1) is 16.1. The second-order valence-electron chi connectivity index (χ2n) is 5.72. The molecule has 1 aliphatic rings. The van der Waals surface area contributed by atoms with Crippen LogP contribution in [0.3, 0.4) is 0 Å². The fraction of sp³-hybridized carbons (Fsp3) is 0.211. The van der Waals surface area contributed by atoms with Gasteiger partial charge < -0.3 is 18.6 Å². The highest BCUT2D eigenvalue weighted by atomic mass is 16.6. The monoisotopic (exact) mass is 352 g/mol. The average molecular weight is 352 g/mol. The third kappa shape index (κ3) is 3.23. The maximum atomic E-state index is 12.4. The van der Waals surface area contributed by atoms with Gasteiger partial charge in [-0.05, 0) is 37.3 Å². The Hall–Kier alpha value is -3.35. The number of rotatable bonds is 4. The summed E-state index contributed by atoms with van der Waals surface area (Å²) in [6.45, 7) is 2.62. The molecule has 0 aliphatic carbocycles. The van der Waals surface area contributed by atoms with Gasteiger partial charge in [-0.25, -0.2) is 4.79 Å². The fourth-order valence-electron chi connectivity index (χ4n) is 2.55. The third-order valence-corrected chi connectivity index (χ3v) is 3.87. The molecule has 4 rings (SSSR count). The summed E-state index contributed by atoms with van der Waals surface area (Å²) in [4.78, 5) is 12.4. The molecule has 3 aromatic rings. The van der Waals surface area contributed by atoms with E-state index in [0.29, 0.717) is 36.2 Å². The molecule has 7 heteroatoms. The molecule has 0 saturated carbocycles. The molecule has 2 aromatic carbocycles. The number of ether oxygens (including phenoxy) is 3. The molecule has 0 bridgehead atoms. The van der Waals surface area contributed by atoms with Crippen molar-refractivity contribution in [2.45, 2.75) is 13.0 Å². The van der Waals surface area contributed by atoms with Crippen LogP contribution in [-0.4, -0.2) is 29.4 Å². The van der Waals surface area contributed by atoms with Gasteiger partial charge in [-0.3, -0.25) is 0 Å². The van der Waals surface area contributed by atoms with E-state index in [0.717, 1.165) is 5.56 Å². The maximum Gasteiger partial charge on any atom is 0.339 e. The van der Waals surface area contributed by atoms with Gasteiger partial charge in [0.1, 0.15) is 13.2 Å². The number of nitrogens with zero attached hydrogens (tertiary/aromatic N) is 2. The Morgan fingerprint density at radius 1 is 1.04 bits per heavy atom. The van der Waals surface area contributed by atoms with Crippen LogP contribution in [0.15, 0.2) is 52.9 Å². The molecule has 1 atom stereocenters. The second-order valence-corrected chi connectivity index (χ2v) is 5.72. The van der Waals surface area contributed by atoms with E-state index in [-0.39, 0.29) is 5.89 Å². The summed E-state index contributed by atoms with van der Waals surface area (Å²) < 4.78 is 22.0. The minimum Gasteiger partial charge on any atom is -0.486 e. The van der Waals surface area contributed by atoms with E-state index in [9.17, 15) is 4.79 Å². The lowest BCUT2D eigenvalue weighted by atomic mass is 10.2. The Balaban J connectivity index is 1.47. The van der Waals surface area contributed by atoms with Crippen molar-refractivity contribution in [1.82, 2.24) is 10.2 Å². The van der Waals surface area contributed by atoms with Gasteiger partial charge in [0.15, 0.2) is 17.6 Å². The van der Waals surface area contributed by atoms with Crippen LogP contribution in [0.4, 0.5) is 0 Å². The number of carbonyl (C=O) groups is 1. The van der Waals surface area contributed by atoms with Crippen LogP contribution in [0.2, 0.25) is 0 Å². The zero-order valence-corrected chi connectivity index (χ0v) is 14.0. The molecule has 0 spiro atoms. The Bertz CT molecular complexity index is 923. The number of hydrogen-bond donors (Lipinski definition) is 0. The van der Waals surface area contributed by atoms with Gasteiger partial charge in [0, 0.05) is 5.56 Å². The zero-order chi connectivity index (χ0) is 17.9. The maximum absolute atomic E-state index is 12.4. The van der Waals surface area contributed by atoms with Gasteiger partial charge in [0.25, 0.3) is 5.89 Å².